The van der Waals surface area contributed by atoms with E-state index in [-0.39, 0.29) is 5.91 Å². The molecule has 2 aromatic rings. The monoisotopic (exact) mass is 373 g/mol. The van der Waals surface area contributed by atoms with E-state index in [1.165, 1.54) is 5.56 Å². The number of benzene rings is 1. The minimum Gasteiger partial charge on any atom is -0.379 e. The van der Waals surface area contributed by atoms with Crippen molar-refractivity contribution < 1.29 is 9.90 Å². The molecule has 1 aliphatic heterocycles. The third-order valence-corrected chi connectivity index (χ3v) is 5.62. The van der Waals surface area contributed by atoms with Crippen LogP contribution < -0.4 is 0 Å². The summed E-state index contributed by atoms with van der Waals surface area (Å²) in [5.74, 6) is -0.122. The molecule has 1 amide bonds. The summed E-state index contributed by atoms with van der Waals surface area (Å²) in [7, 11) is 1.93. The maximum Gasteiger partial charge on any atom is 0.255 e. The molecule has 0 bridgehead atoms. The van der Waals surface area contributed by atoms with Crippen molar-refractivity contribution in [2.24, 2.45) is 0 Å². The highest BCUT2D eigenvalue weighted by molar-refractivity contribution is 7.09. The molecule has 0 spiro atoms. The summed E-state index contributed by atoms with van der Waals surface area (Å²) < 4.78 is 0. The Kier molecular flexibility index (Phi) is 6.40. The molecule has 0 aliphatic carbocycles. The molecule has 1 fully saturated rings. The zero-order valence-electron chi connectivity index (χ0n) is 15.3. The number of aryl methyl sites for hydroxylation is 1. The highest BCUT2D eigenvalue weighted by Crippen LogP contribution is 2.25. The van der Waals surface area contributed by atoms with Gasteiger partial charge in [-0.05, 0) is 38.3 Å². The van der Waals surface area contributed by atoms with E-state index in [4.69, 9.17) is 0 Å². The summed E-state index contributed by atoms with van der Waals surface area (Å²) >= 11 is 1.59. The lowest BCUT2D eigenvalue weighted by atomic mass is 9.91. The number of piperidine rings is 1. The van der Waals surface area contributed by atoms with E-state index in [2.05, 4.69) is 17.1 Å². The fourth-order valence-electron chi connectivity index (χ4n) is 3.61. The van der Waals surface area contributed by atoms with Gasteiger partial charge in [-0.2, -0.15) is 0 Å². The van der Waals surface area contributed by atoms with Crippen molar-refractivity contribution in [3.63, 3.8) is 0 Å². The second-order valence-electron chi connectivity index (χ2n) is 7.11. The van der Waals surface area contributed by atoms with E-state index in [1.807, 2.05) is 40.4 Å². The fraction of sp³-hybridized carbons (Fsp3) is 0.500. The quantitative estimate of drug-likeness (QED) is 0.773. The molecule has 5 nitrogen and oxygen atoms in total. The van der Waals surface area contributed by atoms with Crippen LogP contribution in [0.25, 0.3) is 0 Å². The van der Waals surface area contributed by atoms with Gasteiger partial charge < -0.3 is 10.0 Å². The van der Waals surface area contributed by atoms with Gasteiger partial charge in [-0.15, -0.1) is 11.3 Å². The summed E-state index contributed by atoms with van der Waals surface area (Å²) in [6.07, 6.45) is 5.03. The standard InChI is InChI=1S/C20H27N3O2S/c1-22(15-18-21-11-14-26-18)16-20(25)10-6-13-23(19(20)24)12-5-9-17-7-3-2-4-8-17/h2-4,7-8,11,14,25H,5-6,9-10,12-13,15-16H2,1H3/t20-/m0/s1. The molecular weight excluding hydrogens is 346 g/mol. The van der Waals surface area contributed by atoms with Crippen molar-refractivity contribution >= 4 is 17.2 Å². The van der Waals surface area contributed by atoms with Gasteiger partial charge in [-0.25, -0.2) is 4.98 Å². The molecule has 0 saturated carbocycles. The van der Waals surface area contributed by atoms with Crippen LogP contribution >= 0.6 is 11.3 Å². The van der Waals surface area contributed by atoms with Crippen LogP contribution in [-0.4, -0.2) is 58.1 Å². The van der Waals surface area contributed by atoms with Gasteiger partial charge >= 0.3 is 0 Å². The lowest BCUT2D eigenvalue weighted by Crippen LogP contribution is -2.58. The summed E-state index contributed by atoms with van der Waals surface area (Å²) in [5.41, 5.74) is 0.00666. The smallest absolute Gasteiger partial charge is 0.255 e. The first-order valence-electron chi connectivity index (χ1n) is 9.19. The first kappa shape index (κ1) is 19.0. The number of aliphatic hydroxyl groups is 1. The number of carbonyl (C=O) groups is 1. The number of likely N-dealkylation sites (tertiary alicyclic amines) is 1. The SMILES string of the molecule is CN(Cc1nccs1)C[C@@]1(O)CCCN(CCCc2ccccc2)C1=O. The van der Waals surface area contributed by atoms with Crippen LogP contribution in [0, 0.1) is 0 Å². The normalized spacial score (nSPS) is 20.7. The Labute approximate surface area is 159 Å². The Bertz CT molecular complexity index is 692. The number of likely N-dealkylation sites (N-methyl/N-ethyl adjacent to an activating group) is 1. The Balaban J connectivity index is 1.52. The van der Waals surface area contributed by atoms with E-state index in [0.29, 0.717) is 26.1 Å². The van der Waals surface area contributed by atoms with E-state index in [9.17, 15) is 9.90 Å². The summed E-state index contributed by atoms with van der Waals surface area (Å²) in [6, 6.07) is 10.3. The zero-order chi connectivity index (χ0) is 18.4. The van der Waals surface area contributed by atoms with Gasteiger partial charge in [0.15, 0.2) is 5.60 Å². The number of thiazole rings is 1. The maximum atomic E-state index is 12.9. The van der Waals surface area contributed by atoms with Gasteiger partial charge in [-0.1, -0.05) is 30.3 Å². The Morgan fingerprint density at radius 1 is 1.35 bits per heavy atom. The molecule has 6 heteroatoms. The van der Waals surface area contributed by atoms with Crippen LogP contribution in [0.2, 0.25) is 0 Å². The molecule has 0 radical (unpaired) electrons. The number of hydrogen-bond donors (Lipinski definition) is 1. The summed E-state index contributed by atoms with van der Waals surface area (Å²) in [6.45, 7) is 2.44. The number of carbonyl (C=O) groups excluding carboxylic acids is 1. The predicted octanol–water partition coefficient (Wildman–Crippen LogP) is 2.56. The van der Waals surface area contributed by atoms with Gasteiger partial charge in [0.25, 0.3) is 5.91 Å². The first-order valence-corrected chi connectivity index (χ1v) is 10.1. The van der Waals surface area contributed by atoms with Gasteiger partial charge in [0.05, 0.1) is 6.54 Å². The minimum absolute atomic E-state index is 0.122. The highest BCUT2D eigenvalue weighted by atomic mass is 32.1. The molecular formula is C20H27N3O2S. The van der Waals surface area contributed by atoms with E-state index >= 15 is 0 Å². The molecule has 1 aliphatic rings. The second-order valence-corrected chi connectivity index (χ2v) is 8.09. The fourth-order valence-corrected chi connectivity index (χ4v) is 4.30. The number of aromatic nitrogens is 1. The number of rotatable bonds is 8. The highest BCUT2D eigenvalue weighted by Gasteiger charge is 2.42. The van der Waals surface area contributed by atoms with Crippen molar-refractivity contribution in [2.45, 2.75) is 37.8 Å². The minimum atomic E-state index is -1.28. The Hall–Kier alpha value is -1.76. The zero-order valence-corrected chi connectivity index (χ0v) is 16.1. The van der Waals surface area contributed by atoms with Crippen LogP contribution in [0.3, 0.4) is 0 Å². The lowest BCUT2D eigenvalue weighted by Gasteiger charge is -2.40. The molecule has 1 saturated heterocycles. The predicted molar refractivity (Wildman–Crippen MR) is 104 cm³/mol. The largest absolute Gasteiger partial charge is 0.379 e. The number of amides is 1. The molecule has 1 atom stereocenters. The van der Waals surface area contributed by atoms with Crippen molar-refractivity contribution in [2.75, 3.05) is 26.7 Å². The van der Waals surface area contributed by atoms with Crippen LogP contribution in [-0.2, 0) is 17.8 Å². The lowest BCUT2D eigenvalue weighted by molar-refractivity contribution is -0.159. The maximum absolute atomic E-state index is 12.9. The van der Waals surface area contributed by atoms with Crippen LogP contribution in [0.15, 0.2) is 41.9 Å². The van der Waals surface area contributed by atoms with Crippen molar-refractivity contribution in [1.82, 2.24) is 14.8 Å². The molecule has 1 N–H and O–H groups in total. The average Bonchev–Trinajstić information content (AvgIpc) is 3.12. The Morgan fingerprint density at radius 2 is 2.15 bits per heavy atom. The van der Waals surface area contributed by atoms with E-state index < -0.39 is 5.60 Å². The van der Waals surface area contributed by atoms with Crippen LogP contribution in [0.5, 0.6) is 0 Å². The molecule has 1 aromatic carbocycles. The van der Waals surface area contributed by atoms with Gasteiger partial charge in [0.2, 0.25) is 0 Å². The van der Waals surface area contributed by atoms with Crippen molar-refractivity contribution in [3.05, 3.63) is 52.5 Å². The first-order chi connectivity index (χ1) is 12.6. The molecule has 26 heavy (non-hydrogen) atoms. The molecule has 3 rings (SSSR count). The molecule has 2 heterocycles. The van der Waals surface area contributed by atoms with Crippen molar-refractivity contribution in [3.8, 4) is 0 Å². The average molecular weight is 374 g/mol. The molecule has 1 aromatic heterocycles. The van der Waals surface area contributed by atoms with Crippen molar-refractivity contribution in [1.29, 1.82) is 0 Å². The second kappa shape index (κ2) is 8.75. The Morgan fingerprint density at radius 3 is 2.88 bits per heavy atom. The molecule has 0 unspecified atom stereocenters. The third-order valence-electron chi connectivity index (χ3n) is 4.86. The number of hydrogen-bond acceptors (Lipinski definition) is 5. The van der Waals surface area contributed by atoms with Gasteiger partial charge in [0.1, 0.15) is 5.01 Å². The van der Waals surface area contributed by atoms with Crippen LogP contribution in [0.4, 0.5) is 0 Å². The summed E-state index contributed by atoms with van der Waals surface area (Å²) in [5, 5.41) is 13.9. The summed E-state index contributed by atoms with van der Waals surface area (Å²) in [4.78, 5) is 21.0. The van der Waals surface area contributed by atoms with E-state index in [1.54, 1.807) is 17.5 Å². The van der Waals surface area contributed by atoms with Crippen LogP contribution in [0.1, 0.15) is 29.8 Å². The number of nitrogens with zero attached hydrogens (tertiary/aromatic N) is 3. The molecule has 140 valence electrons. The third kappa shape index (κ3) is 4.90. The van der Waals surface area contributed by atoms with E-state index in [0.717, 1.165) is 30.8 Å². The van der Waals surface area contributed by atoms with Gasteiger partial charge in [0, 0.05) is 31.2 Å². The van der Waals surface area contributed by atoms with Gasteiger partial charge in [-0.3, -0.25) is 9.69 Å². The topological polar surface area (TPSA) is 56.7 Å².